The molecule has 6 heteroatoms. The highest BCUT2D eigenvalue weighted by Gasteiger charge is 2.28. The van der Waals surface area contributed by atoms with Crippen LogP contribution in [-0.4, -0.2) is 41.0 Å². The van der Waals surface area contributed by atoms with Crippen LogP contribution in [0.25, 0.3) is 0 Å². The molecule has 2 aromatic rings. The second-order valence-corrected chi connectivity index (χ2v) is 9.88. The lowest BCUT2D eigenvalue weighted by molar-refractivity contribution is -0.136. The van der Waals surface area contributed by atoms with Gasteiger partial charge in [0.15, 0.2) is 0 Å². The van der Waals surface area contributed by atoms with Crippen LogP contribution in [0.4, 0.5) is 4.39 Å². The molecule has 0 aromatic heterocycles. The van der Waals surface area contributed by atoms with Crippen molar-refractivity contribution in [2.75, 3.05) is 13.2 Å². The molecule has 33 heavy (non-hydrogen) atoms. The molecule has 180 valence electrons. The maximum absolute atomic E-state index is 13.6. The number of aliphatic hydroxyl groups excluding tert-OH is 1. The molecule has 0 saturated carbocycles. The van der Waals surface area contributed by atoms with Gasteiger partial charge in [-0.3, -0.25) is 4.79 Å². The Kier molecular flexibility index (Phi) is 8.63. The first-order chi connectivity index (χ1) is 15.6. The smallest absolute Gasteiger partial charge is 0.303 e. The van der Waals surface area contributed by atoms with Crippen molar-refractivity contribution < 1.29 is 24.1 Å². The summed E-state index contributed by atoms with van der Waals surface area (Å²) < 4.78 is 19.5. The average molecular weight is 458 g/mol. The Balaban J connectivity index is 1.45. The number of carboxylic acids is 1. The lowest BCUT2D eigenvalue weighted by Gasteiger charge is -2.31. The van der Waals surface area contributed by atoms with Crippen LogP contribution < -0.4 is 5.32 Å². The first-order valence-corrected chi connectivity index (χ1v) is 11.7. The van der Waals surface area contributed by atoms with E-state index in [1.165, 1.54) is 23.3 Å². The summed E-state index contributed by atoms with van der Waals surface area (Å²) in [4.78, 5) is 10.9. The van der Waals surface area contributed by atoms with Crippen LogP contribution in [0.3, 0.4) is 0 Å². The Morgan fingerprint density at radius 3 is 2.52 bits per heavy atom. The summed E-state index contributed by atoms with van der Waals surface area (Å²) in [6.07, 6.45) is 2.33. The maximum atomic E-state index is 13.6. The third-order valence-electron chi connectivity index (χ3n) is 6.44. The van der Waals surface area contributed by atoms with Crippen LogP contribution in [-0.2, 0) is 28.8 Å². The third kappa shape index (κ3) is 7.63. The van der Waals surface area contributed by atoms with Gasteiger partial charge < -0.3 is 20.3 Å². The molecule has 1 aliphatic rings. The van der Waals surface area contributed by atoms with E-state index in [1.807, 2.05) is 6.92 Å². The Morgan fingerprint density at radius 2 is 1.88 bits per heavy atom. The summed E-state index contributed by atoms with van der Waals surface area (Å²) in [6, 6.07) is 13.0. The normalized spacial score (nSPS) is 15.9. The van der Waals surface area contributed by atoms with Crippen molar-refractivity contribution in [2.24, 2.45) is 5.92 Å². The van der Waals surface area contributed by atoms with Crippen LogP contribution in [0.2, 0.25) is 0 Å². The van der Waals surface area contributed by atoms with Crippen molar-refractivity contribution in [2.45, 2.75) is 70.6 Å². The van der Waals surface area contributed by atoms with E-state index in [2.05, 4.69) is 43.4 Å². The Bertz CT molecular complexity index is 920. The van der Waals surface area contributed by atoms with Gasteiger partial charge in [-0.15, -0.1) is 0 Å². The number of aliphatic carboxylic acids is 1. The van der Waals surface area contributed by atoms with Crippen LogP contribution in [0.5, 0.6) is 0 Å². The second kappa shape index (κ2) is 11.2. The molecule has 1 aliphatic carbocycles. The number of carboxylic acid groups (broad SMARTS) is 1. The predicted octanol–water partition coefficient (Wildman–Crippen LogP) is 4.45. The Morgan fingerprint density at radius 1 is 1.21 bits per heavy atom. The number of halogens is 1. The van der Waals surface area contributed by atoms with Crippen LogP contribution >= 0.6 is 0 Å². The molecule has 0 fully saturated rings. The minimum atomic E-state index is -0.927. The quantitative estimate of drug-likeness (QED) is 0.439. The molecule has 0 radical (unpaired) electrons. The summed E-state index contributed by atoms with van der Waals surface area (Å²) in [5.41, 5.74) is 4.16. The van der Waals surface area contributed by atoms with Gasteiger partial charge in [-0.05, 0) is 86.8 Å². The van der Waals surface area contributed by atoms with E-state index in [1.54, 1.807) is 6.07 Å². The lowest BCUT2D eigenvalue weighted by atomic mass is 9.88. The molecule has 2 atom stereocenters. The number of β-amino-alcohol motifs (C(OH)–C–C–N with tert-alkyl or cyclic N) is 1. The fraction of sp³-hybridized carbons (Fsp3) is 0.519. The SMILES string of the molecule is CC(OC[C@H](O)CNC(C)(C)CC1Cc2ccccc2C1)c1ccc(F)cc1CCC(=O)O. The highest BCUT2D eigenvalue weighted by Crippen LogP contribution is 2.32. The maximum Gasteiger partial charge on any atom is 0.303 e. The van der Waals surface area contributed by atoms with Gasteiger partial charge in [-0.2, -0.15) is 0 Å². The van der Waals surface area contributed by atoms with Crippen molar-refractivity contribution >= 4 is 5.97 Å². The van der Waals surface area contributed by atoms with E-state index in [0.29, 0.717) is 18.0 Å². The second-order valence-electron chi connectivity index (χ2n) is 9.88. The molecule has 1 unspecified atom stereocenters. The van der Waals surface area contributed by atoms with Gasteiger partial charge >= 0.3 is 5.97 Å². The minimum absolute atomic E-state index is 0.0725. The van der Waals surface area contributed by atoms with E-state index in [9.17, 15) is 14.3 Å². The number of carbonyl (C=O) groups is 1. The minimum Gasteiger partial charge on any atom is -0.481 e. The molecule has 3 rings (SSSR count). The number of hydrogen-bond donors (Lipinski definition) is 3. The van der Waals surface area contributed by atoms with E-state index >= 15 is 0 Å². The summed E-state index contributed by atoms with van der Waals surface area (Å²) in [7, 11) is 0. The summed E-state index contributed by atoms with van der Waals surface area (Å²) in [6.45, 7) is 6.71. The summed E-state index contributed by atoms with van der Waals surface area (Å²) in [5.74, 6) is -0.728. The Labute approximate surface area is 196 Å². The number of nitrogens with one attached hydrogen (secondary N) is 1. The number of fused-ring (bicyclic) bond motifs is 1. The van der Waals surface area contributed by atoms with E-state index in [4.69, 9.17) is 9.84 Å². The number of aryl methyl sites for hydroxylation is 1. The van der Waals surface area contributed by atoms with Gasteiger partial charge in [0.2, 0.25) is 0 Å². The van der Waals surface area contributed by atoms with Crippen molar-refractivity contribution in [3.8, 4) is 0 Å². The molecule has 0 bridgehead atoms. The number of hydrogen-bond acceptors (Lipinski definition) is 4. The van der Waals surface area contributed by atoms with Crippen LogP contribution in [0.1, 0.15) is 62.0 Å². The lowest BCUT2D eigenvalue weighted by Crippen LogP contribution is -2.45. The number of rotatable bonds is 12. The van der Waals surface area contributed by atoms with Gasteiger partial charge in [-0.25, -0.2) is 4.39 Å². The Hall–Kier alpha value is -2.28. The molecule has 3 N–H and O–H groups in total. The highest BCUT2D eigenvalue weighted by atomic mass is 19.1. The van der Waals surface area contributed by atoms with Gasteiger partial charge in [0.25, 0.3) is 0 Å². The highest BCUT2D eigenvalue weighted by molar-refractivity contribution is 5.67. The van der Waals surface area contributed by atoms with Crippen LogP contribution in [0.15, 0.2) is 42.5 Å². The van der Waals surface area contributed by atoms with Crippen LogP contribution in [0, 0.1) is 11.7 Å². The van der Waals surface area contributed by atoms with Gasteiger partial charge in [-0.1, -0.05) is 30.3 Å². The summed E-state index contributed by atoms with van der Waals surface area (Å²) in [5, 5.41) is 22.9. The molecular formula is C27H36FNO4. The zero-order chi connectivity index (χ0) is 24.0. The number of aliphatic hydroxyl groups is 1. The first kappa shape index (κ1) is 25.3. The van der Waals surface area contributed by atoms with E-state index in [-0.39, 0.29) is 31.1 Å². The predicted molar refractivity (Wildman–Crippen MR) is 127 cm³/mol. The summed E-state index contributed by atoms with van der Waals surface area (Å²) >= 11 is 0. The fourth-order valence-electron chi connectivity index (χ4n) is 4.82. The zero-order valence-corrected chi connectivity index (χ0v) is 19.8. The molecular weight excluding hydrogens is 421 g/mol. The molecule has 0 spiro atoms. The van der Waals surface area contributed by atoms with Crippen molar-refractivity contribution in [3.63, 3.8) is 0 Å². The fourth-order valence-corrected chi connectivity index (χ4v) is 4.82. The molecule has 2 aromatic carbocycles. The van der Waals surface area contributed by atoms with Crippen molar-refractivity contribution in [1.82, 2.24) is 5.32 Å². The van der Waals surface area contributed by atoms with E-state index in [0.717, 1.165) is 24.8 Å². The third-order valence-corrected chi connectivity index (χ3v) is 6.44. The van der Waals surface area contributed by atoms with Gasteiger partial charge in [0.05, 0.1) is 18.8 Å². The van der Waals surface area contributed by atoms with Gasteiger partial charge in [0.1, 0.15) is 5.82 Å². The number of ether oxygens (including phenoxy) is 1. The first-order valence-electron chi connectivity index (χ1n) is 11.7. The molecule has 0 amide bonds. The van der Waals surface area contributed by atoms with E-state index < -0.39 is 17.9 Å². The largest absolute Gasteiger partial charge is 0.481 e. The zero-order valence-electron chi connectivity index (χ0n) is 19.8. The van der Waals surface area contributed by atoms with Gasteiger partial charge in [0, 0.05) is 18.5 Å². The molecule has 0 aliphatic heterocycles. The molecule has 0 heterocycles. The monoisotopic (exact) mass is 457 g/mol. The average Bonchev–Trinajstić information content (AvgIpc) is 3.16. The standard InChI is InChI=1S/C27H36FNO4/c1-18(25-10-9-23(28)14-22(25)8-11-26(31)32)33-17-24(30)16-29-27(2,3)15-19-12-20-6-4-5-7-21(20)13-19/h4-7,9-10,14,18-19,24,29-30H,8,11-13,15-17H2,1-3H3,(H,31,32)/t18?,24-/m1/s1. The van der Waals surface area contributed by atoms with Crippen molar-refractivity contribution in [1.29, 1.82) is 0 Å². The molecule has 5 nitrogen and oxygen atoms in total. The number of benzene rings is 2. The topological polar surface area (TPSA) is 78.8 Å². The van der Waals surface area contributed by atoms with Crippen molar-refractivity contribution in [3.05, 3.63) is 70.5 Å². The molecule has 0 saturated heterocycles.